The summed E-state index contributed by atoms with van der Waals surface area (Å²) >= 11 is 1.75. The predicted octanol–water partition coefficient (Wildman–Crippen LogP) is 2.96. The van der Waals surface area contributed by atoms with Gasteiger partial charge < -0.3 is 5.73 Å². The maximum absolute atomic E-state index is 5.65. The topological polar surface area (TPSA) is 38.9 Å². The Kier molecular flexibility index (Phi) is 3.25. The zero-order chi connectivity index (χ0) is 10.5. The van der Waals surface area contributed by atoms with Crippen LogP contribution >= 0.6 is 11.8 Å². The lowest BCUT2D eigenvalue weighted by Gasteiger charge is -2.01. The molecular formula is C12H12N2S. The number of rotatable bonds is 3. The predicted molar refractivity (Wildman–Crippen MR) is 64.7 cm³/mol. The van der Waals surface area contributed by atoms with Gasteiger partial charge in [-0.2, -0.15) is 0 Å². The van der Waals surface area contributed by atoms with Gasteiger partial charge in [0.1, 0.15) is 0 Å². The van der Waals surface area contributed by atoms with Crippen LogP contribution in [0, 0.1) is 0 Å². The quantitative estimate of drug-likeness (QED) is 0.802. The van der Waals surface area contributed by atoms with Crippen LogP contribution in [0.1, 0.15) is 5.56 Å². The van der Waals surface area contributed by atoms with E-state index < -0.39 is 0 Å². The number of thioether (sulfide) groups is 1. The second kappa shape index (κ2) is 4.84. The monoisotopic (exact) mass is 216 g/mol. The van der Waals surface area contributed by atoms with Gasteiger partial charge >= 0.3 is 0 Å². The van der Waals surface area contributed by atoms with Gasteiger partial charge in [0.05, 0.1) is 5.69 Å². The molecule has 0 unspecified atom stereocenters. The number of hydrogen-bond acceptors (Lipinski definition) is 3. The lowest BCUT2D eigenvalue weighted by Crippen LogP contribution is -1.86. The Bertz CT molecular complexity index is 429. The Hall–Kier alpha value is -1.48. The highest BCUT2D eigenvalue weighted by Crippen LogP contribution is 2.22. The van der Waals surface area contributed by atoms with Crippen molar-refractivity contribution in [2.75, 3.05) is 5.73 Å². The second-order valence-corrected chi connectivity index (χ2v) is 4.28. The van der Waals surface area contributed by atoms with Crippen LogP contribution < -0.4 is 5.73 Å². The molecule has 0 aliphatic carbocycles. The number of benzene rings is 1. The third-order valence-corrected chi connectivity index (χ3v) is 3.02. The molecule has 0 saturated carbocycles. The molecule has 1 heterocycles. The number of pyridine rings is 1. The molecule has 1 aromatic heterocycles. The fraction of sp³-hybridized carbons (Fsp3) is 0.0833. The normalized spacial score (nSPS) is 10.1. The van der Waals surface area contributed by atoms with Crippen LogP contribution in [0.2, 0.25) is 0 Å². The Morgan fingerprint density at radius 2 is 1.93 bits per heavy atom. The van der Waals surface area contributed by atoms with Gasteiger partial charge in [-0.1, -0.05) is 30.3 Å². The van der Waals surface area contributed by atoms with E-state index in [0.717, 1.165) is 10.6 Å². The van der Waals surface area contributed by atoms with Gasteiger partial charge in [-0.05, 0) is 11.6 Å². The van der Waals surface area contributed by atoms with Gasteiger partial charge in [-0.25, -0.2) is 0 Å². The van der Waals surface area contributed by atoms with Crippen molar-refractivity contribution < 1.29 is 0 Å². The van der Waals surface area contributed by atoms with Crippen molar-refractivity contribution >= 4 is 17.4 Å². The molecule has 0 fully saturated rings. The molecule has 2 rings (SSSR count). The van der Waals surface area contributed by atoms with E-state index in [1.807, 2.05) is 30.5 Å². The van der Waals surface area contributed by atoms with Gasteiger partial charge in [-0.15, -0.1) is 11.8 Å². The first-order chi connectivity index (χ1) is 7.34. The van der Waals surface area contributed by atoms with Crippen LogP contribution in [0.4, 0.5) is 5.69 Å². The molecule has 15 heavy (non-hydrogen) atoms. The molecule has 0 atom stereocenters. The molecule has 0 spiro atoms. The molecule has 76 valence electrons. The Labute approximate surface area is 93.5 Å². The number of aromatic nitrogens is 1. The summed E-state index contributed by atoms with van der Waals surface area (Å²) in [4.78, 5) is 5.16. The lowest BCUT2D eigenvalue weighted by atomic mass is 10.2. The SMILES string of the molecule is Nc1cncc(SCc2ccccc2)c1. The van der Waals surface area contributed by atoms with Gasteiger partial charge in [0, 0.05) is 23.0 Å². The van der Waals surface area contributed by atoms with Crippen molar-refractivity contribution in [3.63, 3.8) is 0 Å². The lowest BCUT2D eigenvalue weighted by molar-refractivity contribution is 1.24. The molecule has 0 bridgehead atoms. The zero-order valence-corrected chi connectivity index (χ0v) is 9.08. The first-order valence-corrected chi connectivity index (χ1v) is 5.70. The molecule has 3 heteroatoms. The van der Waals surface area contributed by atoms with E-state index in [-0.39, 0.29) is 0 Å². The molecule has 1 aromatic carbocycles. The maximum Gasteiger partial charge on any atom is 0.0511 e. The summed E-state index contributed by atoms with van der Waals surface area (Å²) in [6.45, 7) is 0. The van der Waals surface area contributed by atoms with Gasteiger partial charge in [0.25, 0.3) is 0 Å². The number of nitrogens with zero attached hydrogens (tertiary/aromatic N) is 1. The van der Waals surface area contributed by atoms with Crippen LogP contribution in [0.3, 0.4) is 0 Å². The van der Waals surface area contributed by atoms with Crippen molar-refractivity contribution in [1.29, 1.82) is 0 Å². The molecule has 0 aliphatic heterocycles. The minimum atomic E-state index is 0.716. The smallest absolute Gasteiger partial charge is 0.0511 e. The summed E-state index contributed by atoms with van der Waals surface area (Å²) in [5, 5.41) is 0. The summed E-state index contributed by atoms with van der Waals surface area (Å²) in [5.74, 6) is 0.950. The highest BCUT2D eigenvalue weighted by Gasteiger charge is 1.96. The van der Waals surface area contributed by atoms with E-state index in [9.17, 15) is 0 Å². The van der Waals surface area contributed by atoms with Gasteiger partial charge in [-0.3, -0.25) is 4.98 Å². The third kappa shape index (κ3) is 2.99. The van der Waals surface area contributed by atoms with E-state index >= 15 is 0 Å². The van der Waals surface area contributed by atoms with E-state index in [1.54, 1.807) is 18.0 Å². The van der Waals surface area contributed by atoms with Crippen LogP contribution in [0.25, 0.3) is 0 Å². The Morgan fingerprint density at radius 3 is 2.67 bits per heavy atom. The first-order valence-electron chi connectivity index (χ1n) is 4.72. The summed E-state index contributed by atoms with van der Waals surface area (Å²) in [5.41, 5.74) is 7.68. The number of anilines is 1. The molecule has 0 radical (unpaired) electrons. The van der Waals surface area contributed by atoms with Crippen molar-refractivity contribution in [2.24, 2.45) is 0 Å². The van der Waals surface area contributed by atoms with E-state index in [4.69, 9.17) is 5.73 Å². The van der Waals surface area contributed by atoms with Crippen molar-refractivity contribution in [3.8, 4) is 0 Å². The summed E-state index contributed by atoms with van der Waals surface area (Å²) < 4.78 is 0. The zero-order valence-electron chi connectivity index (χ0n) is 8.26. The summed E-state index contributed by atoms with van der Waals surface area (Å²) in [6.07, 6.45) is 3.50. The molecule has 2 N–H and O–H groups in total. The molecular weight excluding hydrogens is 204 g/mol. The van der Waals surface area contributed by atoms with Crippen LogP contribution in [0.15, 0.2) is 53.7 Å². The third-order valence-electron chi connectivity index (χ3n) is 1.98. The summed E-state index contributed by atoms with van der Waals surface area (Å²) in [7, 11) is 0. The molecule has 2 aromatic rings. The fourth-order valence-electron chi connectivity index (χ4n) is 1.26. The molecule has 0 amide bonds. The Morgan fingerprint density at radius 1 is 1.13 bits per heavy atom. The fourth-order valence-corrected chi connectivity index (χ4v) is 2.14. The van der Waals surface area contributed by atoms with Crippen LogP contribution in [-0.4, -0.2) is 4.98 Å². The molecule has 2 nitrogen and oxygen atoms in total. The second-order valence-electron chi connectivity index (χ2n) is 3.23. The number of hydrogen-bond donors (Lipinski definition) is 1. The van der Waals surface area contributed by atoms with Crippen molar-refractivity contribution in [3.05, 3.63) is 54.4 Å². The Balaban J connectivity index is 1.99. The largest absolute Gasteiger partial charge is 0.397 e. The van der Waals surface area contributed by atoms with Crippen molar-refractivity contribution in [1.82, 2.24) is 4.98 Å². The van der Waals surface area contributed by atoms with E-state index in [0.29, 0.717) is 5.69 Å². The number of nitrogens with two attached hydrogens (primary N) is 1. The van der Waals surface area contributed by atoms with E-state index in [2.05, 4.69) is 17.1 Å². The van der Waals surface area contributed by atoms with E-state index in [1.165, 1.54) is 5.56 Å². The van der Waals surface area contributed by atoms with Gasteiger partial charge in [0.2, 0.25) is 0 Å². The maximum atomic E-state index is 5.65. The molecule has 0 saturated heterocycles. The van der Waals surface area contributed by atoms with Crippen molar-refractivity contribution in [2.45, 2.75) is 10.6 Å². The highest BCUT2D eigenvalue weighted by molar-refractivity contribution is 7.98. The summed E-state index contributed by atoms with van der Waals surface area (Å²) in [6, 6.07) is 12.3. The average molecular weight is 216 g/mol. The highest BCUT2D eigenvalue weighted by atomic mass is 32.2. The standard InChI is InChI=1S/C12H12N2S/c13-11-6-12(8-14-7-11)15-9-10-4-2-1-3-5-10/h1-8H,9,13H2. The average Bonchev–Trinajstić information content (AvgIpc) is 2.28. The molecule has 0 aliphatic rings. The number of nitrogen functional groups attached to an aromatic ring is 1. The van der Waals surface area contributed by atoms with Gasteiger partial charge in [0.15, 0.2) is 0 Å². The minimum absolute atomic E-state index is 0.716. The van der Waals surface area contributed by atoms with Crippen LogP contribution in [-0.2, 0) is 5.75 Å². The minimum Gasteiger partial charge on any atom is -0.397 e. The first kappa shape index (κ1) is 10.1. The van der Waals surface area contributed by atoms with Crippen LogP contribution in [0.5, 0.6) is 0 Å².